The predicted octanol–water partition coefficient (Wildman–Crippen LogP) is 4.36. The van der Waals surface area contributed by atoms with Gasteiger partial charge in [-0.1, -0.05) is 36.4 Å². The molecule has 140 valence electrons. The highest BCUT2D eigenvalue weighted by atomic mass is 16.5. The SMILES string of the molecule is COc1ccc(C(=O)NC(C)c2ccc3ccccc3c2)c(OC)c1OC. The molecule has 3 aromatic carbocycles. The van der Waals surface area contributed by atoms with Gasteiger partial charge in [0.25, 0.3) is 5.91 Å². The van der Waals surface area contributed by atoms with Crippen molar-refractivity contribution in [1.82, 2.24) is 5.32 Å². The van der Waals surface area contributed by atoms with E-state index in [1.165, 1.54) is 19.6 Å². The first kappa shape index (κ1) is 18.6. The lowest BCUT2D eigenvalue weighted by Gasteiger charge is -2.18. The van der Waals surface area contributed by atoms with E-state index in [1.807, 2.05) is 25.1 Å². The number of amides is 1. The summed E-state index contributed by atoms with van der Waals surface area (Å²) in [5.41, 5.74) is 1.42. The molecule has 3 aromatic rings. The first-order chi connectivity index (χ1) is 13.1. The number of methoxy groups -OCH3 is 3. The number of carbonyl (C=O) groups excluding carboxylic acids is 1. The minimum Gasteiger partial charge on any atom is -0.493 e. The van der Waals surface area contributed by atoms with E-state index in [2.05, 4.69) is 29.6 Å². The third-order valence-electron chi connectivity index (χ3n) is 4.57. The first-order valence-electron chi connectivity index (χ1n) is 8.67. The first-order valence-corrected chi connectivity index (χ1v) is 8.67. The van der Waals surface area contributed by atoms with Crippen LogP contribution in [0.1, 0.15) is 28.9 Å². The van der Waals surface area contributed by atoms with Gasteiger partial charge in [-0.25, -0.2) is 0 Å². The maximum absolute atomic E-state index is 12.9. The van der Waals surface area contributed by atoms with Crippen molar-refractivity contribution in [3.8, 4) is 17.2 Å². The highest BCUT2D eigenvalue weighted by Crippen LogP contribution is 2.39. The molecule has 0 aromatic heterocycles. The monoisotopic (exact) mass is 365 g/mol. The quantitative estimate of drug-likeness (QED) is 0.705. The molecule has 5 nitrogen and oxygen atoms in total. The van der Waals surface area contributed by atoms with E-state index in [0.29, 0.717) is 22.8 Å². The number of ether oxygens (including phenoxy) is 3. The summed E-state index contributed by atoms with van der Waals surface area (Å²) in [7, 11) is 4.55. The summed E-state index contributed by atoms with van der Waals surface area (Å²) >= 11 is 0. The zero-order valence-electron chi connectivity index (χ0n) is 15.9. The lowest BCUT2D eigenvalue weighted by Crippen LogP contribution is -2.27. The Labute approximate surface area is 158 Å². The highest BCUT2D eigenvalue weighted by Gasteiger charge is 2.22. The molecule has 0 aliphatic heterocycles. The number of nitrogens with one attached hydrogen (secondary N) is 1. The fraction of sp³-hybridized carbons (Fsp3) is 0.227. The van der Waals surface area contributed by atoms with Crippen LogP contribution in [0.5, 0.6) is 17.2 Å². The van der Waals surface area contributed by atoms with Crippen molar-refractivity contribution in [3.05, 3.63) is 65.7 Å². The molecule has 0 fully saturated rings. The molecule has 0 saturated heterocycles. The molecule has 1 atom stereocenters. The second-order valence-electron chi connectivity index (χ2n) is 6.18. The van der Waals surface area contributed by atoms with Gasteiger partial charge >= 0.3 is 0 Å². The van der Waals surface area contributed by atoms with Gasteiger partial charge in [-0.2, -0.15) is 0 Å². The molecule has 5 heteroatoms. The van der Waals surface area contributed by atoms with E-state index in [0.717, 1.165) is 10.9 Å². The summed E-state index contributed by atoms with van der Waals surface area (Å²) in [6.45, 7) is 1.95. The average molecular weight is 365 g/mol. The van der Waals surface area contributed by atoms with Crippen LogP contribution < -0.4 is 19.5 Å². The number of hydrogen-bond donors (Lipinski definition) is 1. The number of rotatable bonds is 6. The standard InChI is InChI=1S/C22H23NO4/c1-14(16-10-9-15-7-5-6-8-17(15)13-16)23-22(24)18-11-12-19(25-2)21(27-4)20(18)26-3/h5-14H,1-4H3,(H,23,24). The van der Waals surface area contributed by atoms with E-state index >= 15 is 0 Å². The Morgan fingerprint density at radius 3 is 2.22 bits per heavy atom. The second-order valence-corrected chi connectivity index (χ2v) is 6.18. The van der Waals surface area contributed by atoms with Crippen molar-refractivity contribution in [2.45, 2.75) is 13.0 Å². The molecule has 1 unspecified atom stereocenters. The van der Waals surface area contributed by atoms with Crippen LogP contribution in [0.4, 0.5) is 0 Å². The number of benzene rings is 3. The van der Waals surface area contributed by atoms with Crippen molar-refractivity contribution < 1.29 is 19.0 Å². The van der Waals surface area contributed by atoms with Crippen LogP contribution in [-0.2, 0) is 0 Å². The number of fused-ring (bicyclic) bond motifs is 1. The van der Waals surface area contributed by atoms with E-state index in [4.69, 9.17) is 14.2 Å². The van der Waals surface area contributed by atoms with Gasteiger partial charge in [-0.05, 0) is 41.5 Å². The summed E-state index contributed by atoms with van der Waals surface area (Å²) in [5, 5.41) is 5.33. The van der Waals surface area contributed by atoms with Gasteiger partial charge in [0.15, 0.2) is 11.5 Å². The number of carbonyl (C=O) groups is 1. The van der Waals surface area contributed by atoms with E-state index in [1.54, 1.807) is 19.2 Å². The fourth-order valence-electron chi connectivity index (χ4n) is 3.11. The van der Waals surface area contributed by atoms with E-state index < -0.39 is 0 Å². The molecule has 0 aliphatic rings. The van der Waals surface area contributed by atoms with Crippen molar-refractivity contribution in [3.63, 3.8) is 0 Å². The lowest BCUT2D eigenvalue weighted by molar-refractivity contribution is 0.0936. The lowest BCUT2D eigenvalue weighted by atomic mass is 10.0. The van der Waals surface area contributed by atoms with Gasteiger partial charge in [-0.15, -0.1) is 0 Å². The van der Waals surface area contributed by atoms with Gasteiger partial charge in [-0.3, -0.25) is 4.79 Å². The Kier molecular flexibility index (Phi) is 5.50. The Bertz CT molecular complexity index is 968. The van der Waals surface area contributed by atoms with Crippen molar-refractivity contribution in [1.29, 1.82) is 0 Å². The molecule has 0 aliphatic carbocycles. The summed E-state index contributed by atoms with van der Waals surface area (Å²) in [6, 6.07) is 17.5. The second kappa shape index (κ2) is 7.99. The van der Waals surface area contributed by atoms with Gasteiger partial charge in [0.1, 0.15) is 0 Å². The van der Waals surface area contributed by atoms with E-state index in [-0.39, 0.29) is 11.9 Å². The topological polar surface area (TPSA) is 56.8 Å². The minimum atomic E-state index is -0.242. The third kappa shape index (κ3) is 3.67. The normalized spacial score (nSPS) is 11.7. The molecule has 1 amide bonds. The molecule has 0 heterocycles. The molecule has 27 heavy (non-hydrogen) atoms. The van der Waals surface area contributed by atoms with Gasteiger partial charge in [0, 0.05) is 0 Å². The Hall–Kier alpha value is -3.21. The summed E-state index contributed by atoms with van der Waals surface area (Å²) in [4.78, 5) is 12.9. The van der Waals surface area contributed by atoms with Gasteiger partial charge in [0.2, 0.25) is 5.75 Å². The molecule has 0 radical (unpaired) electrons. The molecular formula is C22H23NO4. The Balaban J connectivity index is 1.87. The van der Waals surface area contributed by atoms with E-state index in [9.17, 15) is 4.79 Å². The fourth-order valence-corrected chi connectivity index (χ4v) is 3.11. The summed E-state index contributed by atoms with van der Waals surface area (Å²) < 4.78 is 16.0. The highest BCUT2D eigenvalue weighted by molar-refractivity contribution is 5.98. The van der Waals surface area contributed by atoms with Crippen LogP contribution in [0.25, 0.3) is 10.8 Å². The summed E-state index contributed by atoms with van der Waals surface area (Å²) in [6.07, 6.45) is 0. The molecule has 1 N–H and O–H groups in total. The zero-order chi connectivity index (χ0) is 19.4. The Morgan fingerprint density at radius 2 is 1.56 bits per heavy atom. The van der Waals surface area contributed by atoms with Crippen LogP contribution in [0.15, 0.2) is 54.6 Å². The Morgan fingerprint density at radius 1 is 0.852 bits per heavy atom. The molecular weight excluding hydrogens is 342 g/mol. The molecule has 0 saturated carbocycles. The predicted molar refractivity (Wildman–Crippen MR) is 106 cm³/mol. The molecule has 0 spiro atoms. The van der Waals surface area contributed by atoms with Gasteiger partial charge in [0.05, 0.1) is 32.9 Å². The van der Waals surface area contributed by atoms with Gasteiger partial charge < -0.3 is 19.5 Å². The maximum Gasteiger partial charge on any atom is 0.255 e. The van der Waals surface area contributed by atoms with Crippen molar-refractivity contribution in [2.75, 3.05) is 21.3 Å². The summed E-state index contributed by atoms with van der Waals surface area (Å²) in [5.74, 6) is 1.01. The molecule has 0 bridgehead atoms. The van der Waals surface area contributed by atoms with Crippen LogP contribution >= 0.6 is 0 Å². The number of hydrogen-bond acceptors (Lipinski definition) is 4. The van der Waals surface area contributed by atoms with Crippen molar-refractivity contribution in [2.24, 2.45) is 0 Å². The van der Waals surface area contributed by atoms with Crippen LogP contribution in [0.2, 0.25) is 0 Å². The zero-order valence-corrected chi connectivity index (χ0v) is 15.9. The minimum absolute atomic E-state index is 0.167. The van der Waals surface area contributed by atoms with Crippen LogP contribution in [0.3, 0.4) is 0 Å². The van der Waals surface area contributed by atoms with Crippen LogP contribution in [0, 0.1) is 0 Å². The van der Waals surface area contributed by atoms with Crippen LogP contribution in [-0.4, -0.2) is 27.2 Å². The largest absolute Gasteiger partial charge is 0.493 e. The third-order valence-corrected chi connectivity index (χ3v) is 4.57. The average Bonchev–Trinajstić information content (AvgIpc) is 2.71. The maximum atomic E-state index is 12.9. The smallest absolute Gasteiger partial charge is 0.255 e. The van der Waals surface area contributed by atoms with Crippen molar-refractivity contribution >= 4 is 16.7 Å². The molecule has 3 rings (SSSR count).